The fourth-order valence-corrected chi connectivity index (χ4v) is 2.62. The number of aliphatic hydroxyl groups is 1. The Balaban J connectivity index is -0.00000242. The second-order valence-corrected chi connectivity index (χ2v) is 6.50. The van der Waals surface area contributed by atoms with Crippen LogP contribution in [0.1, 0.15) is 72.6 Å². The number of aliphatic carboxylic acids is 1. The van der Waals surface area contributed by atoms with Crippen molar-refractivity contribution in [3.8, 4) is 0 Å². The quantitative estimate of drug-likeness (QED) is 0.292. The first-order chi connectivity index (χ1) is 11.1. The molecule has 0 fully saturated rings. The molecule has 0 aliphatic heterocycles. The summed E-state index contributed by atoms with van der Waals surface area (Å²) in [5.74, 6) is -0.883. The molecule has 140 valence electrons. The van der Waals surface area contributed by atoms with E-state index in [1.807, 2.05) is 0 Å². The average molecular weight is 355 g/mol. The Labute approximate surface area is 171 Å². The third-order valence-electron chi connectivity index (χ3n) is 3.88. The molecule has 0 amide bonds. The Bertz CT molecular complexity index is 286. The van der Waals surface area contributed by atoms with Crippen molar-refractivity contribution in [1.82, 2.24) is 4.90 Å². The number of hydrogen-bond acceptors (Lipinski definition) is 4. The molecule has 5 nitrogen and oxygen atoms in total. The Morgan fingerprint density at radius 1 is 1.04 bits per heavy atom. The average Bonchev–Trinajstić information content (AvgIpc) is 2.47. The molecule has 0 aromatic heterocycles. The van der Waals surface area contributed by atoms with Gasteiger partial charge in [-0.1, -0.05) is 64.7 Å². The number of ether oxygens (including phenoxy) is 1. The van der Waals surface area contributed by atoms with Gasteiger partial charge in [-0.05, 0) is 13.5 Å². The van der Waals surface area contributed by atoms with E-state index in [1.54, 1.807) is 11.9 Å². The molecule has 1 unspecified atom stereocenters. The van der Waals surface area contributed by atoms with Crippen molar-refractivity contribution in [3.05, 3.63) is 0 Å². The number of carboxylic acid groups (broad SMARTS) is 1. The summed E-state index contributed by atoms with van der Waals surface area (Å²) in [5.41, 5.74) is 0. The summed E-state index contributed by atoms with van der Waals surface area (Å²) in [6, 6.07) is 0. The number of hydrogen-bond donors (Lipinski definition) is 2. The molecule has 0 bridgehead atoms. The topological polar surface area (TPSA) is 70.0 Å². The van der Waals surface area contributed by atoms with Gasteiger partial charge < -0.3 is 16.4 Å². The van der Waals surface area contributed by atoms with Gasteiger partial charge in [-0.2, -0.15) is 0 Å². The predicted octanol–water partition coefficient (Wildman–Crippen LogP) is 0.418. The van der Waals surface area contributed by atoms with Crippen LogP contribution in [0.15, 0.2) is 0 Å². The molecule has 0 rings (SSSR count). The van der Waals surface area contributed by atoms with Crippen molar-refractivity contribution in [2.75, 3.05) is 33.4 Å². The van der Waals surface area contributed by atoms with Crippen molar-refractivity contribution >= 4 is 5.97 Å². The molecule has 6 heteroatoms. The van der Waals surface area contributed by atoms with Crippen molar-refractivity contribution in [1.29, 1.82) is 0 Å². The van der Waals surface area contributed by atoms with Crippen LogP contribution < -0.4 is 29.6 Å². The summed E-state index contributed by atoms with van der Waals surface area (Å²) in [4.78, 5) is 12.1. The molecular weight excluding hydrogens is 317 g/mol. The number of rotatable bonds is 17. The van der Waals surface area contributed by atoms with Crippen LogP contribution in [0, 0.1) is 0 Å². The third kappa shape index (κ3) is 20.4. The van der Waals surface area contributed by atoms with E-state index < -0.39 is 12.1 Å². The summed E-state index contributed by atoms with van der Waals surface area (Å²) in [6.07, 6.45) is 12.3. The maximum atomic E-state index is 10.5. The second kappa shape index (κ2) is 19.7. The zero-order valence-electron chi connectivity index (χ0n) is 17.1. The van der Waals surface area contributed by atoms with E-state index in [-0.39, 0.29) is 44.1 Å². The monoisotopic (exact) mass is 355 g/mol. The Morgan fingerprint density at radius 2 is 1.54 bits per heavy atom. The fourth-order valence-electron chi connectivity index (χ4n) is 2.62. The minimum atomic E-state index is -0.883. The zero-order valence-corrected chi connectivity index (χ0v) is 18.1. The first-order valence-corrected chi connectivity index (χ1v) is 9.22. The van der Waals surface area contributed by atoms with Crippen molar-refractivity contribution in [3.63, 3.8) is 0 Å². The number of carbonyl (C=O) groups is 1. The first-order valence-electron chi connectivity index (χ1n) is 9.22. The molecule has 0 aromatic rings. The molecule has 0 aromatic carbocycles. The first kappa shape index (κ1) is 26.6. The molecule has 1 atom stereocenters. The summed E-state index contributed by atoms with van der Waals surface area (Å²) in [5, 5.41) is 18.4. The molecule has 24 heavy (non-hydrogen) atoms. The van der Waals surface area contributed by atoms with Crippen molar-refractivity contribution < 1.29 is 50.7 Å². The van der Waals surface area contributed by atoms with E-state index in [4.69, 9.17) is 9.84 Å². The van der Waals surface area contributed by atoms with E-state index in [0.29, 0.717) is 13.2 Å². The van der Waals surface area contributed by atoms with Crippen molar-refractivity contribution in [2.45, 2.75) is 77.2 Å². The van der Waals surface area contributed by atoms with E-state index >= 15 is 0 Å². The van der Waals surface area contributed by atoms with E-state index in [2.05, 4.69) is 6.92 Å². The van der Waals surface area contributed by atoms with Crippen LogP contribution in [0.5, 0.6) is 0 Å². The van der Waals surface area contributed by atoms with Gasteiger partial charge in [0.1, 0.15) is 0 Å². The maximum absolute atomic E-state index is 10.5. The number of nitrogens with zero attached hydrogens (tertiary/aromatic N) is 1. The number of carboxylic acids is 1. The van der Waals surface area contributed by atoms with Crippen LogP contribution in [0.2, 0.25) is 0 Å². The molecule has 0 radical (unpaired) electrons. The number of aliphatic hydroxyl groups excluding tert-OH is 1. The molecular formula is C18H38NNaO4. The minimum absolute atomic E-state index is 0. The van der Waals surface area contributed by atoms with E-state index in [0.717, 1.165) is 6.42 Å². The molecule has 0 heterocycles. The molecule has 0 aliphatic carbocycles. The smallest absolute Gasteiger partial charge is 1.00 e. The summed E-state index contributed by atoms with van der Waals surface area (Å²) in [7, 11) is 1.68. The van der Waals surface area contributed by atoms with Gasteiger partial charge in [-0.25, -0.2) is 0 Å². The van der Waals surface area contributed by atoms with Crippen molar-refractivity contribution in [2.24, 2.45) is 0 Å². The van der Waals surface area contributed by atoms with Gasteiger partial charge in [0, 0.05) is 13.2 Å². The number of likely N-dealkylation sites (N-methyl/N-ethyl adjacent to an activating group) is 1. The summed E-state index contributed by atoms with van der Waals surface area (Å²) in [6.45, 7) is 3.47. The molecule has 0 saturated carbocycles. The van der Waals surface area contributed by atoms with Gasteiger partial charge in [-0.15, -0.1) is 0 Å². The van der Waals surface area contributed by atoms with E-state index in [9.17, 15) is 9.90 Å². The van der Waals surface area contributed by atoms with Gasteiger partial charge in [0.2, 0.25) is 0 Å². The van der Waals surface area contributed by atoms with Crippen LogP contribution in [-0.2, 0) is 9.53 Å². The van der Waals surface area contributed by atoms with Gasteiger partial charge in [0.05, 0.1) is 19.3 Å². The fraction of sp³-hybridized carbons (Fsp3) is 0.944. The predicted molar refractivity (Wildman–Crippen MR) is 94.9 cm³/mol. The van der Waals surface area contributed by atoms with Crippen LogP contribution in [0.4, 0.5) is 0 Å². The molecule has 2 N–H and O–H groups in total. The molecule has 0 saturated heterocycles. The normalized spacial score (nSPS) is 12.2. The second-order valence-electron chi connectivity index (χ2n) is 6.50. The van der Waals surface area contributed by atoms with Gasteiger partial charge in [-0.3, -0.25) is 9.69 Å². The molecule has 0 aliphatic rings. The standard InChI is InChI=1S/C18H37NO4.Na.H/c1-3-4-5-6-7-8-9-10-11-12-13-23-16-17(20)14-19(2)15-18(21)22;;/h17,20H,3-16H2,1-2H3,(H,21,22);;/q;+1;-1. The Kier molecular flexibility index (Phi) is 21.8. The summed E-state index contributed by atoms with van der Waals surface area (Å²) >= 11 is 0. The molecule has 0 spiro atoms. The third-order valence-corrected chi connectivity index (χ3v) is 3.88. The van der Waals surface area contributed by atoms with Crippen LogP contribution in [0.25, 0.3) is 0 Å². The largest absolute Gasteiger partial charge is 1.00 e. The minimum Gasteiger partial charge on any atom is -1.00 e. The van der Waals surface area contributed by atoms with Gasteiger partial charge in [0.25, 0.3) is 0 Å². The summed E-state index contributed by atoms with van der Waals surface area (Å²) < 4.78 is 5.45. The SMILES string of the molecule is CCCCCCCCCCCCOCC(O)CN(C)CC(=O)O.[H-].[Na+]. The van der Waals surface area contributed by atoms with Crippen LogP contribution in [0.3, 0.4) is 0 Å². The van der Waals surface area contributed by atoms with Crippen LogP contribution >= 0.6 is 0 Å². The number of unbranched alkanes of at least 4 members (excludes halogenated alkanes) is 9. The zero-order chi connectivity index (χ0) is 17.3. The Morgan fingerprint density at radius 3 is 2.04 bits per heavy atom. The van der Waals surface area contributed by atoms with Gasteiger partial charge in [0.15, 0.2) is 0 Å². The van der Waals surface area contributed by atoms with Crippen LogP contribution in [-0.4, -0.2) is 60.5 Å². The van der Waals surface area contributed by atoms with Gasteiger partial charge >= 0.3 is 35.5 Å². The maximum Gasteiger partial charge on any atom is 1.00 e. The van der Waals surface area contributed by atoms with E-state index in [1.165, 1.54) is 57.8 Å². The Hall–Kier alpha value is 0.350.